The van der Waals surface area contributed by atoms with Crippen LogP contribution in [-0.4, -0.2) is 19.3 Å². The molecule has 0 aliphatic heterocycles. The van der Waals surface area contributed by atoms with E-state index in [2.05, 4.69) is 20.8 Å². The third-order valence-corrected chi connectivity index (χ3v) is 2.93. The lowest BCUT2D eigenvalue weighted by atomic mass is 9.88. The summed E-state index contributed by atoms with van der Waals surface area (Å²) >= 11 is 0. The van der Waals surface area contributed by atoms with Crippen molar-refractivity contribution in [1.82, 2.24) is 0 Å². The normalized spacial score (nSPS) is 13.2. The lowest BCUT2D eigenvalue weighted by Gasteiger charge is -2.21. The van der Waals surface area contributed by atoms with Crippen LogP contribution in [0, 0.1) is 5.41 Å². The molecule has 1 aromatic carbocycles. The molecule has 0 aliphatic rings. The Morgan fingerprint density at radius 2 is 1.56 bits per heavy atom. The molecule has 0 spiro atoms. The number of aliphatic hydroxyl groups excluding tert-OH is 1. The van der Waals surface area contributed by atoms with Gasteiger partial charge in [-0.15, -0.1) is 0 Å². The van der Waals surface area contributed by atoms with Crippen molar-refractivity contribution in [3.05, 3.63) is 23.8 Å². The van der Waals surface area contributed by atoms with Gasteiger partial charge in [-0.3, -0.25) is 0 Å². The maximum atomic E-state index is 10.2. The molecule has 0 saturated carbocycles. The summed E-state index contributed by atoms with van der Waals surface area (Å²) in [6.07, 6.45) is 1.22. The third-order valence-electron chi connectivity index (χ3n) is 2.93. The van der Waals surface area contributed by atoms with E-state index >= 15 is 0 Å². The molecule has 0 saturated heterocycles. The van der Waals surface area contributed by atoms with E-state index in [-0.39, 0.29) is 5.41 Å². The van der Waals surface area contributed by atoms with Gasteiger partial charge in [0, 0.05) is 6.07 Å². The molecule has 1 atom stereocenters. The highest BCUT2D eigenvalue weighted by Crippen LogP contribution is 2.31. The van der Waals surface area contributed by atoms with E-state index in [1.165, 1.54) is 0 Å². The van der Waals surface area contributed by atoms with Crippen molar-refractivity contribution in [1.29, 1.82) is 0 Å². The summed E-state index contributed by atoms with van der Waals surface area (Å²) in [6, 6.07) is 5.52. The average Bonchev–Trinajstić information content (AvgIpc) is 2.34. The average molecular weight is 252 g/mol. The fourth-order valence-electron chi connectivity index (χ4n) is 1.76. The first-order chi connectivity index (χ1) is 8.35. The summed E-state index contributed by atoms with van der Waals surface area (Å²) < 4.78 is 10.4. The Morgan fingerprint density at radius 1 is 1.06 bits per heavy atom. The van der Waals surface area contributed by atoms with Crippen LogP contribution in [0.1, 0.15) is 45.3 Å². The van der Waals surface area contributed by atoms with Crippen LogP contribution in [0.15, 0.2) is 18.2 Å². The quantitative estimate of drug-likeness (QED) is 0.870. The summed E-state index contributed by atoms with van der Waals surface area (Å²) in [5.41, 5.74) is 1.07. The zero-order valence-electron chi connectivity index (χ0n) is 12.0. The van der Waals surface area contributed by atoms with Crippen LogP contribution >= 0.6 is 0 Å². The van der Waals surface area contributed by atoms with Gasteiger partial charge in [-0.1, -0.05) is 20.8 Å². The monoisotopic (exact) mass is 252 g/mol. The van der Waals surface area contributed by atoms with Crippen LogP contribution in [-0.2, 0) is 0 Å². The number of aliphatic hydroxyl groups is 1. The molecule has 1 rings (SSSR count). The van der Waals surface area contributed by atoms with Gasteiger partial charge in [-0.25, -0.2) is 0 Å². The SMILES string of the molecule is COc1cc(OC)cc(C(O)CCC(C)(C)C)c1. The van der Waals surface area contributed by atoms with E-state index in [0.717, 1.165) is 18.4 Å². The maximum absolute atomic E-state index is 10.2. The predicted molar refractivity (Wildman–Crippen MR) is 73.2 cm³/mol. The van der Waals surface area contributed by atoms with Crippen molar-refractivity contribution in [3.63, 3.8) is 0 Å². The molecule has 102 valence electrons. The van der Waals surface area contributed by atoms with Gasteiger partial charge in [-0.2, -0.15) is 0 Å². The van der Waals surface area contributed by atoms with E-state index in [0.29, 0.717) is 11.5 Å². The lowest BCUT2D eigenvalue weighted by molar-refractivity contribution is 0.147. The molecule has 18 heavy (non-hydrogen) atoms. The minimum atomic E-state index is -0.478. The Bertz CT molecular complexity index is 358. The summed E-state index contributed by atoms with van der Waals surface area (Å²) in [5, 5.41) is 10.2. The van der Waals surface area contributed by atoms with Crippen molar-refractivity contribution < 1.29 is 14.6 Å². The summed E-state index contributed by atoms with van der Waals surface area (Å²) in [7, 11) is 3.22. The minimum Gasteiger partial charge on any atom is -0.497 e. The first-order valence-corrected chi connectivity index (χ1v) is 6.27. The second-order valence-electron chi connectivity index (χ2n) is 5.76. The highest BCUT2D eigenvalue weighted by Gasteiger charge is 2.16. The fourth-order valence-corrected chi connectivity index (χ4v) is 1.76. The number of ether oxygens (including phenoxy) is 2. The largest absolute Gasteiger partial charge is 0.497 e. The maximum Gasteiger partial charge on any atom is 0.122 e. The van der Waals surface area contributed by atoms with Gasteiger partial charge in [0.1, 0.15) is 11.5 Å². The van der Waals surface area contributed by atoms with Crippen LogP contribution in [0.3, 0.4) is 0 Å². The molecule has 0 aliphatic carbocycles. The van der Waals surface area contributed by atoms with Crippen molar-refractivity contribution in [2.75, 3.05) is 14.2 Å². The van der Waals surface area contributed by atoms with Crippen molar-refractivity contribution in [3.8, 4) is 11.5 Å². The van der Waals surface area contributed by atoms with Gasteiger partial charge in [0.2, 0.25) is 0 Å². The second kappa shape index (κ2) is 6.10. The second-order valence-corrected chi connectivity index (χ2v) is 5.76. The summed E-state index contributed by atoms with van der Waals surface area (Å²) in [4.78, 5) is 0. The van der Waals surface area contributed by atoms with Gasteiger partial charge in [0.05, 0.1) is 20.3 Å². The van der Waals surface area contributed by atoms with Gasteiger partial charge in [-0.05, 0) is 36.0 Å². The number of hydrogen-bond donors (Lipinski definition) is 1. The molecule has 0 heterocycles. The Balaban J connectivity index is 2.81. The van der Waals surface area contributed by atoms with Gasteiger partial charge in [0.15, 0.2) is 0 Å². The van der Waals surface area contributed by atoms with Gasteiger partial charge in [0.25, 0.3) is 0 Å². The molecule has 3 heteroatoms. The Labute approximate surface area is 110 Å². The van der Waals surface area contributed by atoms with Crippen molar-refractivity contribution in [2.24, 2.45) is 5.41 Å². The Morgan fingerprint density at radius 3 is 1.94 bits per heavy atom. The van der Waals surface area contributed by atoms with Crippen LogP contribution in [0.4, 0.5) is 0 Å². The summed E-state index contributed by atoms with van der Waals surface area (Å²) in [5.74, 6) is 1.42. The molecule has 1 unspecified atom stereocenters. The van der Waals surface area contributed by atoms with Crippen LogP contribution in [0.25, 0.3) is 0 Å². The van der Waals surface area contributed by atoms with Crippen LogP contribution < -0.4 is 9.47 Å². The molecule has 0 aromatic heterocycles. The number of rotatable bonds is 5. The molecule has 0 radical (unpaired) electrons. The number of hydrogen-bond acceptors (Lipinski definition) is 3. The Kier molecular flexibility index (Phi) is 5.03. The zero-order valence-corrected chi connectivity index (χ0v) is 12.0. The molecule has 0 bridgehead atoms. The first-order valence-electron chi connectivity index (χ1n) is 6.27. The van der Waals surface area contributed by atoms with E-state index in [1.54, 1.807) is 20.3 Å². The molecular formula is C15H24O3. The molecule has 0 amide bonds. The van der Waals surface area contributed by atoms with Crippen molar-refractivity contribution in [2.45, 2.75) is 39.7 Å². The van der Waals surface area contributed by atoms with Gasteiger partial charge < -0.3 is 14.6 Å². The van der Waals surface area contributed by atoms with E-state index in [4.69, 9.17) is 9.47 Å². The number of benzene rings is 1. The highest BCUT2D eigenvalue weighted by molar-refractivity contribution is 5.39. The standard InChI is InChI=1S/C15H24O3/c1-15(2,3)7-6-14(16)11-8-12(17-4)10-13(9-11)18-5/h8-10,14,16H,6-7H2,1-5H3. The fraction of sp³-hybridized carbons (Fsp3) is 0.600. The van der Waals surface area contributed by atoms with E-state index in [1.807, 2.05) is 12.1 Å². The smallest absolute Gasteiger partial charge is 0.122 e. The summed E-state index contributed by atoms with van der Waals surface area (Å²) in [6.45, 7) is 6.52. The topological polar surface area (TPSA) is 38.7 Å². The molecular weight excluding hydrogens is 228 g/mol. The number of methoxy groups -OCH3 is 2. The lowest BCUT2D eigenvalue weighted by Crippen LogP contribution is -2.08. The molecule has 1 N–H and O–H groups in total. The Hall–Kier alpha value is -1.22. The molecule has 0 fully saturated rings. The third kappa shape index (κ3) is 4.57. The van der Waals surface area contributed by atoms with Crippen molar-refractivity contribution >= 4 is 0 Å². The van der Waals surface area contributed by atoms with Crippen LogP contribution in [0.5, 0.6) is 11.5 Å². The molecule has 3 nitrogen and oxygen atoms in total. The predicted octanol–water partition coefficient (Wildman–Crippen LogP) is 3.56. The van der Waals surface area contributed by atoms with Gasteiger partial charge >= 0.3 is 0 Å². The highest BCUT2D eigenvalue weighted by atomic mass is 16.5. The first kappa shape index (κ1) is 14.8. The molecule has 1 aromatic rings. The van der Waals surface area contributed by atoms with E-state index in [9.17, 15) is 5.11 Å². The van der Waals surface area contributed by atoms with Crippen LogP contribution in [0.2, 0.25) is 0 Å². The van der Waals surface area contributed by atoms with E-state index < -0.39 is 6.10 Å². The zero-order chi connectivity index (χ0) is 13.8. The minimum absolute atomic E-state index is 0.226.